The third kappa shape index (κ3) is 4.94. The number of ether oxygens (including phenoxy) is 1. The Balaban J connectivity index is 1.64. The van der Waals surface area contributed by atoms with Gasteiger partial charge in [0.2, 0.25) is 10.0 Å². The molecule has 2 aromatic heterocycles. The number of hydrogen-bond acceptors (Lipinski definition) is 7. The number of nitrogens with one attached hydrogen (secondary N) is 2. The van der Waals surface area contributed by atoms with Gasteiger partial charge in [-0.15, -0.1) is 0 Å². The van der Waals surface area contributed by atoms with E-state index in [2.05, 4.69) is 15.0 Å². The van der Waals surface area contributed by atoms with Crippen LogP contribution < -0.4 is 10.0 Å². The number of sulfonamides is 1. The summed E-state index contributed by atoms with van der Waals surface area (Å²) in [6.07, 6.45) is 7.69. The zero-order valence-corrected chi connectivity index (χ0v) is 20.9. The minimum absolute atomic E-state index is 0.0109. The fourth-order valence-electron chi connectivity index (χ4n) is 4.67. The number of likely N-dealkylation sites (N-methyl/N-ethyl adjacent to an activating group) is 1. The topological polar surface area (TPSA) is 122 Å². The maximum atomic E-state index is 13.2. The standard InChI is InChI=1S/C24H28N4O5S2/c1-25-23(34)24(17-10-11-21-26-13-14-28(21)15-17)12-6-5-9-20(24)33-22(30)19(16-29)27-35(31,32)18-7-3-2-4-8-18/h2-4,7-8,10-11,13-15,19-20,27,29H,5-6,9,12,16H2,1H3,(H,25,34)/t19-,20?,24?/m0/s1. The van der Waals surface area contributed by atoms with Crippen LogP contribution >= 0.6 is 12.2 Å². The molecule has 9 nitrogen and oxygen atoms in total. The average molecular weight is 517 g/mol. The smallest absolute Gasteiger partial charge is 0.326 e. The van der Waals surface area contributed by atoms with Gasteiger partial charge in [-0.2, -0.15) is 4.72 Å². The molecule has 4 rings (SSSR count). The first-order valence-electron chi connectivity index (χ1n) is 11.4. The van der Waals surface area contributed by atoms with Gasteiger partial charge in [0, 0.05) is 25.6 Å². The van der Waals surface area contributed by atoms with E-state index < -0.39 is 40.2 Å². The summed E-state index contributed by atoms with van der Waals surface area (Å²) in [5.41, 5.74) is 0.832. The van der Waals surface area contributed by atoms with Gasteiger partial charge in [-0.25, -0.2) is 13.4 Å². The van der Waals surface area contributed by atoms with E-state index in [9.17, 15) is 18.3 Å². The summed E-state index contributed by atoms with van der Waals surface area (Å²) in [6.45, 7) is -0.748. The maximum Gasteiger partial charge on any atom is 0.326 e. The van der Waals surface area contributed by atoms with Crippen LogP contribution in [0.15, 0.2) is 66.0 Å². The molecule has 0 spiro atoms. The molecule has 1 fully saturated rings. The van der Waals surface area contributed by atoms with Crippen molar-refractivity contribution in [3.63, 3.8) is 0 Å². The maximum absolute atomic E-state index is 13.2. The number of benzene rings is 1. The van der Waals surface area contributed by atoms with Crippen molar-refractivity contribution in [2.24, 2.45) is 0 Å². The van der Waals surface area contributed by atoms with Crippen molar-refractivity contribution in [2.45, 2.75) is 48.1 Å². The number of aromatic nitrogens is 2. The molecule has 1 aliphatic rings. The van der Waals surface area contributed by atoms with Gasteiger partial charge in [-0.3, -0.25) is 4.79 Å². The van der Waals surface area contributed by atoms with Crippen LogP contribution in [0, 0.1) is 0 Å². The lowest BCUT2D eigenvalue weighted by Crippen LogP contribution is -2.55. The van der Waals surface area contributed by atoms with Gasteiger partial charge in [0.25, 0.3) is 0 Å². The molecule has 186 valence electrons. The Kier molecular flexibility index (Phi) is 7.50. The quantitative estimate of drug-likeness (QED) is 0.307. The van der Waals surface area contributed by atoms with Gasteiger partial charge in [-0.05, 0) is 43.0 Å². The second kappa shape index (κ2) is 10.4. The predicted octanol–water partition coefficient (Wildman–Crippen LogP) is 1.94. The van der Waals surface area contributed by atoms with Crippen LogP contribution in [0.2, 0.25) is 0 Å². The largest absolute Gasteiger partial charge is 0.460 e. The molecule has 3 N–H and O–H groups in total. The summed E-state index contributed by atoms with van der Waals surface area (Å²) in [7, 11) is -2.30. The van der Waals surface area contributed by atoms with Gasteiger partial charge in [0.15, 0.2) is 0 Å². The van der Waals surface area contributed by atoms with Crippen molar-refractivity contribution in [3.05, 3.63) is 66.6 Å². The predicted molar refractivity (Wildman–Crippen MR) is 135 cm³/mol. The van der Waals surface area contributed by atoms with Crippen LogP contribution in [0.25, 0.3) is 5.65 Å². The summed E-state index contributed by atoms with van der Waals surface area (Å²) in [5.74, 6) is -0.856. The number of rotatable bonds is 8. The van der Waals surface area contributed by atoms with Crippen molar-refractivity contribution >= 4 is 38.8 Å². The number of fused-ring (bicyclic) bond motifs is 1. The Hall–Kier alpha value is -2.86. The highest BCUT2D eigenvalue weighted by Crippen LogP contribution is 2.42. The van der Waals surface area contributed by atoms with Crippen molar-refractivity contribution in [1.82, 2.24) is 19.4 Å². The van der Waals surface area contributed by atoms with Gasteiger partial charge < -0.3 is 19.6 Å². The SMILES string of the molecule is CNC(=S)C1(c2ccc3nccn3c2)CCCCC1OC(=O)[C@H](CO)NS(=O)(=O)c1ccccc1. The summed E-state index contributed by atoms with van der Waals surface area (Å²) in [6, 6.07) is 10.0. The molecule has 2 unspecified atom stereocenters. The van der Waals surface area contributed by atoms with Crippen LogP contribution in [-0.2, 0) is 25.0 Å². The number of aliphatic hydroxyl groups is 1. The first-order chi connectivity index (χ1) is 16.8. The molecule has 0 aliphatic heterocycles. The number of carbonyl (C=O) groups excluding carboxylic acids is 1. The Morgan fingerprint density at radius 2 is 2.06 bits per heavy atom. The van der Waals surface area contributed by atoms with Crippen LogP contribution in [-0.4, -0.2) is 59.7 Å². The lowest BCUT2D eigenvalue weighted by molar-refractivity contribution is -0.156. The van der Waals surface area contributed by atoms with Crippen LogP contribution in [0.1, 0.15) is 31.2 Å². The minimum atomic E-state index is -4.04. The fourth-order valence-corrected chi connectivity index (χ4v) is 6.21. The number of thiocarbonyl (C=S) groups is 1. The molecule has 2 heterocycles. The number of esters is 1. The number of carbonyl (C=O) groups is 1. The van der Waals surface area contributed by atoms with Gasteiger partial charge >= 0.3 is 5.97 Å². The number of nitrogens with zero attached hydrogens (tertiary/aromatic N) is 2. The van der Waals surface area contributed by atoms with E-state index in [1.54, 1.807) is 31.4 Å². The molecule has 1 aliphatic carbocycles. The monoisotopic (exact) mass is 516 g/mol. The van der Waals surface area contributed by atoms with E-state index in [1.165, 1.54) is 12.1 Å². The second-order valence-electron chi connectivity index (χ2n) is 8.50. The Labute approximate surface area is 209 Å². The summed E-state index contributed by atoms with van der Waals surface area (Å²) >= 11 is 5.76. The first kappa shape index (κ1) is 25.2. The molecule has 3 aromatic rings. The molecule has 35 heavy (non-hydrogen) atoms. The van der Waals surface area contributed by atoms with E-state index in [0.29, 0.717) is 17.8 Å². The average Bonchev–Trinajstić information content (AvgIpc) is 3.35. The van der Waals surface area contributed by atoms with Gasteiger partial charge in [0.05, 0.1) is 21.9 Å². The Morgan fingerprint density at radius 1 is 1.29 bits per heavy atom. The van der Waals surface area contributed by atoms with Gasteiger partial charge in [-0.1, -0.05) is 42.9 Å². The van der Waals surface area contributed by atoms with Crippen LogP contribution in [0.4, 0.5) is 0 Å². The van der Waals surface area contributed by atoms with Crippen molar-refractivity contribution in [2.75, 3.05) is 13.7 Å². The Bertz CT molecular complexity index is 1310. The van der Waals surface area contributed by atoms with Crippen molar-refractivity contribution in [1.29, 1.82) is 0 Å². The highest BCUT2D eigenvalue weighted by atomic mass is 32.2. The van der Waals surface area contributed by atoms with E-state index in [-0.39, 0.29) is 4.90 Å². The van der Waals surface area contributed by atoms with Crippen LogP contribution in [0.5, 0.6) is 0 Å². The molecule has 0 bridgehead atoms. The summed E-state index contributed by atoms with van der Waals surface area (Å²) in [5, 5.41) is 12.9. The normalized spacial score (nSPS) is 21.4. The molecule has 1 aromatic carbocycles. The van der Waals surface area contributed by atoms with E-state index in [4.69, 9.17) is 17.0 Å². The molecule has 0 radical (unpaired) electrons. The second-order valence-corrected chi connectivity index (χ2v) is 10.6. The molecule has 0 saturated heterocycles. The molecule has 0 amide bonds. The summed E-state index contributed by atoms with van der Waals surface area (Å²) in [4.78, 5) is 18.0. The van der Waals surface area contributed by atoms with E-state index in [0.717, 1.165) is 24.1 Å². The zero-order valence-electron chi connectivity index (χ0n) is 19.3. The highest BCUT2D eigenvalue weighted by Gasteiger charge is 2.49. The zero-order chi connectivity index (χ0) is 25.1. The lowest BCUT2D eigenvalue weighted by atomic mass is 9.67. The molecular weight excluding hydrogens is 488 g/mol. The molecule has 1 saturated carbocycles. The third-order valence-electron chi connectivity index (χ3n) is 6.45. The van der Waals surface area contributed by atoms with Crippen molar-refractivity contribution in [3.8, 4) is 0 Å². The molecule has 3 atom stereocenters. The lowest BCUT2D eigenvalue weighted by Gasteiger charge is -2.44. The number of aliphatic hydroxyl groups excluding tert-OH is 1. The number of hydrogen-bond donors (Lipinski definition) is 3. The molecule has 11 heteroatoms. The highest BCUT2D eigenvalue weighted by molar-refractivity contribution is 7.89. The number of pyridine rings is 1. The van der Waals surface area contributed by atoms with E-state index >= 15 is 0 Å². The third-order valence-corrected chi connectivity index (χ3v) is 8.51. The van der Waals surface area contributed by atoms with Crippen LogP contribution in [0.3, 0.4) is 0 Å². The van der Waals surface area contributed by atoms with Gasteiger partial charge in [0.1, 0.15) is 17.8 Å². The fraction of sp³-hybridized carbons (Fsp3) is 0.375. The summed E-state index contributed by atoms with van der Waals surface area (Å²) < 4.78 is 35.5. The first-order valence-corrected chi connectivity index (χ1v) is 13.2. The van der Waals surface area contributed by atoms with E-state index in [1.807, 2.05) is 28.9 Å². The molecular formula is C24H28N4O5S2. The Morgan fingerprint density at radius 3 is 2.77 bits per heavy atom. The van der Waals surface area contributed by atoms with Crippen molar-refractivity contribution < 1.29 is 23.1 Å². The minimum Gasteiger partial charge on any atom is -0.460 e. The number of imidazole rings is 1.